The Hall–Kier alpha value is -1.85. The van der Waals surface area contributed by atoms with Crippen LogP contribution in [-0.4, -0.2) is 32.5 Å². The van der Waals surface area contributed by atoms with Crippen LogP contribution in [0.2, 0.25) is 0 Å². The van der Waals surface area contributed by atoms with Crippen molar-refractivity contribution in [3.8, 4) is 5.75 Å². The number of fused-ring (bicyclic) bond motifs is 7. The summed E-state index contributed by atoms with van der Waals surface area (Å²) in [4.78, 5) is 11.9. The molecule has 1 aromatic rings. The third-order valence-corrected chi connectivity index (χ3v) is 15.4. The molecule has 238 valence electrons. The van der Waals surface area contributed by atoms with E-state index < -0.39 is 12.1 Å². The van der Waals surface area contributed by atoms with Crippen LogP contribution < -0.4 is 0 Å². The molecule has 0 spiro atoms. The zero-order chi connectivity index (χ0) is 31.3. The maximum Gasteiger partial charge on any atom is 0.337 e. The molecule has 0 heterocycles. The van der Waals surface area contributed by atoms with Crippen LogP contribution >= 0.6 is 0 Å². The highest BCUT2D eigenvalue weighted by molar-refractivity contribution is 5.76. The number of aliphatic carboxylic acids is 1. The molecule has 3 fully saturated rings. The van der Waals surface area contributed by atoms with E-state index in [1.165, 1.54) is 18.4 Å². The SMILES string of the molecule is CC1=CCC[C@@H](C)[C@]1(C)CC[C@@]1(C)[C@@H]2CC[C@]3(C)[C@H](CC[C@]4(C)c5c(C(O)C(=O)O)ccc(O)c5C[C@@H]34)[C@@]2(C)CC[C@@H]1O. The zero-order valence-electron chi connectivity index (χ0n) is 27.7. The minimum absolute atomic E-state index is 0.0293. The number of phenolic OH excluding ortho intramolecular Hbond substituents is 1. The van der Waals surface area contributed by atoms with E-state index in [0.29, 0.717) is 23.3 Å². The van der Waals surface area contributed by atoms with E-state index in [1.807, 2.05) is 0 Å². The number of carboxylic acid groups (broad SMARTS) is 1. The lowest BCUT2D eigenvalue weighted by atomic mass is 9.36. The van der Waals surface area contributed by atoms with Crippen LogP contribution in [-0.2, 0) is 16.6 Å². The molecule has 43 heavy (non-hydrogen) atoms. The lowest BCUT2D eigenvalue weighted by Crippen LogP contribution is -2.63. The van der Waals surface area contributed by atoms with Crippen LogP contribution in [0.15, 0.2) is 23.8 Å². The van der Waals surface area contributed by atoms with Crippen molar-refractivity contribution in [2.24, 2.45) is 45.3 Å². The largest absolute Gasteiger partial charge is 0.508 e. The monoisotopic (exact) mass is 592 g/mol. The predicted molar refractivity (Wildman–Crippen MR) is 170 cm³/mol. The fourth-order valence-corrected chi connectivity index (χ4v) is 12.5. The molecule has 1 aromatic carbocycles. The van der Waals surface area contributed by atoms with Crippen molar-refractivity contribution in [3.63, 3.8) is 0 Å². The van der Waals surface area contributed by atoms with Gasteiger partial charge < -0.3 is 20.4 Å². The molecular weight excluding hydrogens is 536 g/mol. The van der Waals surface area contributed by atoms with Crippen molar-refractivity contribution in [1.82, 2.24) is 0 Å². The van der Waals surface area contributed by atoms with Crippen molar-refractivity contribution in [1.29, 1.82) is 0 Å². The molecule has 0 amide bonds. The molecule has 0 radical (unpaired) electrons. The summed E-state index contributed by atoms with van der Waals surface area (Å²) in [5.74, 6) is 0.875. The minimum atomic E-state index is -1.59. The number of benzene rings is 1. The van der Waals surface area contributed by atoms with Crippen LogP contribution in [0.5, 0.6) is 5.75 Å². The van der Waals surface area contributed by atoms with Gasteiger partial charge in [0.15, 0.2) is 6.10 Å². The fourth-order valence-electron chi connectivity index (χ4n) is 12.5. The number of aliphatic hydroxyl groups excluding tert-OH is 2. The molecule has 3 saturated carbocycles. The van der Waals surface area contributed by atoms with Crippen molar-refractivity contribution >= 4 is 5.97 Å². The van der Waals surface area contributed by atoms with Gasteiger partial charge in [-0.3, -0.25) is 0 Å². The standard InChI is InChI=1S/C38H56O5/c1-22-9-8-10-23(2)34(22,3)19-20-37(6)28-13-16-36(5)27(35(28,4)18-15-30(37)40)14-17-38(7)29(36)21-25-26(39)12-11-24(31(25)38)32(41)33(42)43/h9,11-12,23,27-30,32,39-41H,8,10,13-21H2,1-7H3,(H,42,43)/t23-,27-,28-,29+,30+,32?,34-,35-,36-,37+,38+/m1/s1. The third-order valence-electron chi connectivity index (χ3n) is 15.4. The number of phenols is 1. The molecule has 6 rings (SSSR count). The molecule has 0 aliphatic heterocycles. The summed E-state index contributed by atoms with van der Waals surface area (Å²) in [5, 5.41) is 43.2. The highest BCUT2D eigenvalue weighted by Gasteiger charge is 2.67. The lowest BCUT2D eigenvalue weighted by molar-refractivity contribution is -0.209. The van der Waals surface area contributed by atoms with E-state index in [2.05, 4.69) is 54.5 Å². The number of allylic oxidation sites excluding steroid dienone is 2. The van der Waals surface area contributed by atoms with Gasteiger partial charge >= 0.3 is 5.97 Å². The van der Waals surface area contributed by atoms with Gasteiger partial charge in [0.05, 0.1) is 6.10 Å². The second kappa shape index (κ2) is 10.1. The second-order valence-corrected chi connectivity index (χ2v) is 17.0. The van der Waals surface area contributed by atoms with Gasteiger partial charge in [-0.1, -0.05) is 59.3 Å². The highest BCUT2D eigenvalue weighted by Crippen LogP contribution is 2.74. The maximum absolute atomic E-state index is 11.9. The number of hydrogen-bond acceptors (Lipinski definition) is 4. The summed E-state index contributed by atoms with van der Waals surface area (Å²) in [6.07, 6.45) is 12.0. The highest BCUT2D eigenvalue weighted by atomic mass is 16.4. The summed E-state index contributed by atoms with van der Waals surface area (Å²) in [5.41, 5.74) is 3.65. The number of hydrogen-bond donors (Lipinski definition) is 4. The van der Waals surface area contributed by atoms with E-state index in [0.717, 1.165) is 68.9 Å². The van der Waals surface area contributed by atoms with Gasteiger partial charge in [0, 0.05) is 0 Å². The Balaban J connectivity index is 1.34. The summed E-state index contributed by atoms with van der Waals surface area (Å²) >= 11 is 0. The van der Waals surface area contributed by atoms with E-state index in [1.54, 1.807) is 12.1 Å². The Morgan fingerprint density at radius 3 is 2.26 bits per heavy atom. The Morgan fingerprint density at radius 2 is 1.58 bits per heavy atom. The molecule has 5 heteroatoms. The average molecular weight is 593 g/mol. The second-order valence-electron chi connectivity index (χ2n) is 17.0. The van der Waals surface area contributed by atoms with Crippen LogP contribution in [0.25, 0.3) is 0 Å². The number of aliphatic hydroxyl groups is 2. The molecule has 5 aliphatic rings. The minimum Gasteiger partial charge on any atom is -0.508 e. The van der Waals surface area contributed by atoms with Crippen molar-refractivity contribution < 1.29 is 25.2 Å². The van der Waals surface area contributed by atoms with Gasteiger partial charge in [-0.15, -0.1) is 0 Å². The zero-order valence-corrected chi connectivity index (χ0v) is 27.7. The van der Waals surface area contributed by atoms with Gasteiger partial charge in [-0.25, -0.2) is 4.79 Å². The lowest BCUT2D eigenvalue weighted by Gasteiger charge is -2.69. The molecule has 4 N–H and O–H groups in total. The smallest absolute Gasteiger partial charge is 0.337 e. The predicted octanol–water partition coefficient (Wildman–Crippen LogP) is 8.10. The maximum atomic E-state index is 11.9. The van der Waals surface area contributed by atoms with Gasteiger partial charge in [0.1, 0.15) is 5.75 Å². The molecule has 5 nitrogen and oxygen atoms in total. The Morgan fingerprint density at radius 1 is 0.930 bits per heavy atom. The molecule has 0 saturated heterocycles. The summed E-state index contributed by atoms with van der Waals surface area (Å²) in [6.45, 7) is 16.9. The first-order valence-electron chi connectivity index (χ1n) is 17.2. The molecule has 11 atom stereocenters. The molecule has 5 aliphatic carbocycles. The van der Waals surface area contributed by atoms with Gasteiger partial charge in [0.2, 0.25) is 0 Å². The van der Waals surface area contributed by atoms with Crippen molar-refractivity contribution in [3.05, 3.63) is 40.5 Å². The summed E-state index contributed by atoms with van der Waals surface area (Å²) in [7, 11) is 0. The Kier molecular flexibility index (Phi) is 7.30. The number of rotatable bonds is 5. The Labute approximate surface area is 259 Å². The third kappa shape index (κ3) is 4.19. The van der Waals surface area contributed by atoms with E-state index in [-0.39, 0.29) is 44.8 Å². The van der Waals surface area contributed by atoms with E-state index in [4.69, 9.17) is 0 Å². The first kappa shape index (κ1) is 31.1. The van der Waals surface area contributed by atoms with Crippen LogP contribution in [0.1, 0.15) is 135 Å². The topological polar surface area (TPSA) is 98.0 Å². The number of aromatic hydroxyl groups is 1. The van der Waals surface area contributed by atoms with Crippen LogP contribution in [0, 0.1) is 45.3 Å². The van der Waals surface area contributed by atoms with Gasteiger partial charge in [-0.2, -0.15) is 0 Å². The molecule has 0 aromatic heterocycles. The normalized spacial score (nSPS) is 46.2. The van der Waals surface area contributed by atoms with Crippen LogP contribution in [0.4, 0.5) is 0 Å². The fraction of sp³-hybridized carbons (Fsp3) is 0.763. The van der Waals surface area contributed by atoms with Crippen LogP contribution in [0.3, 0.4) is 0 Å². The molecule has 0 bridgehead atoms. The van der Waals surface area contributed by atoms with E-state index >= 15 is 0 Å². The van der Waals surface area contributed by atoms with E-state index in [9.17, 15) is 25.2 Å². The summed E-state index contributed by atoms with van der Waals surface area (Å²) < 4.78 is 0. The summed E-state index contributed by atoms with van der Waals surface area (Å²) in [6, 6.07) is 3.21. The average Bonchev–Trinajstić information content (AvgIpc) is 3.28. The quantitative estimate of drug-likeness (QED) is 0.259. The molecule has 1 unspecified atom stereocenters. The van der Waals surface area contributed by atoms with Gasteiger partial charge in [-0.05, 0) is 151 Å². The van der Waals surface area contributed by atoms with Crippen molar-refractivity contribution in [2.45, 2.75) is 137 Å². The molecular formula is C38H56O5. The van der Waals surface area contributed by atoms with Gasteiger partial charge in [0.25, 0.3) is 0 Å². The Bertz CT molecular complexity index is 1330. The van der Waals surface area contributed by atoms with Crippen molar-refractivity contribution in [2.75, 3.05) is 0 Å². The number of carbonyl (C=O) groups is 1. The first-order chi connectivity index (χ1) is 20.0. The first-order valence-corrected chi connectivity index (χ1v) is 17.2. The number of carboxylic acids is 1.